The van der Waals surface area contributed by atoms with Crippen molar-refractivity contribution in [2.45, 2.75) is 19.1 Å². The number of halogens is 4. The van der Waals surface area contributed by atoms with Gasteiger partial charge in [-0.05, 0) is 36.8 Å². The Bertz CT molecular complexity index is 1120. The molecule has 0 saturated carbocycles. The lowest BCUT2D eigenvalue weighted by Gasteiger charge is -2.28. The van der Waals surface area contributed by atoms with E-state index in [1.54, 1.807) is 0 Å². The first-order valence-electron chi connectivity index (χ1n) is 8.68. The number of allylic oxidation sites excluding steroid dienone is 1. The lowest BCUT2D eigenvalue weighted by Crippen LogP contribution is -2.46. The van der Waals surface area contributed by atoms with Crippen molar-refractivity contribution < 1.29 is 27.7 Å². The molecule has 2 aromatic carbocycles. The average molecular weight is 455 g/mol. The number of nitrogens with one attached hydrogen (secondary N) is 3. The van der Waals surface area contributed by atoms with E-state index in [9.17, 15) is 32.9 Å². The van der Waals surface area contributed by atoms with E-state index < -0.39 is 40.3 Å². The molecule has 1 heterocycles. The van der Waals surface area contributed by atoms with E-state index in [2.05, 4.69) is 16.0 Å². The number of carbonyl (C=O) groups excluding carboxylic acids is 2. The molecule has 1 aliphatic heterocycles. The largest absolute Gasteiger partial charge is 0.416 e. The molecule has 3 rings (SSSR count). The Morgan fingerprint density at radius 1 is 1.23 bits per heavy atom. The number of nitro benzene ring substituents is 1. The molecule has 1 aliphatic rings. The summed E-state index contributed by atoms with van der Waals surface area (Å²) in [5.74, 6) is -0.799. The minimum Gasteiger partial charge on any atom is -0.327 e. The quantitative estimate of drug-likeness (QED) is 0.465. The molecule has 0 aliphatic carbocycles. The van der Waals surface area contributed by atoms with Gasteiger partial charge in [-0.15, -0.1) is 0 Å². The predicted octanol–water partition coefficient (Wildman–Crippen LogP) is 4.53. The average Bonchev–Trinajstić information content (AvgIpc) is 2.67. The van der Waals surface area contributed by atoms with Crippen LogP contribution in [0.1, 0.15) is 24.1 Å². The summed E-state index contributed by atoms with van der Waals surface area (Å²) in [7, 11) is 0. The zero-order valence-corrected chi connectivity index (χ0v) is 16.5. The van der Waals surface area contributed by atoms with Gasteiger partial charge in [0.2, 0.25) is 0 Å². The maximum Gasteiger partial charge on any atom is 0.416 e. The standard InChI is InChI=1S/C19H14ClF3N4O4/c1-9-15(17(28)25-12-4-2-3-11(8-12)19(21,22)23)16(26-18(29)24-9)10-5-6-13(20)14(7-10)27(30)31/h2-8,16H,1H3,(H,25,28)(H2,24,26,29). The Hall–Kier alpha value is -3.60. The Labute approximate surface area is 178 Å². The number of nitro groups is 1. The molecule has 162 valence electrons. The van der Waals surface area contributed by atoms with Crippen LogP contribution in [-0.2, 0) is 11.0 Å². The number of alkyl halides is 3. The van der Waals surface area contributed by atoms with Gasteiger partial charge < -0.3 is 16.0 Å². The molecule has 0 aromatic heterocycles. The summed E-state index contributed by atoms with van der Waals surface area (Å²) in [4.78, 5) is 35.3. The highest BCUT2D eigenvalue weighted by Crippen LogP contribution is 2.34. The molecule has 31 heavy (non-hydrogen) atoms. The summed E-state index contributed by atoms with van der Waals surface area (Å²) in [6, 6.07) is 6.05. The first-order chi connectivity index (χ1) is 14.5. The van der Waals surface area contributed by atoms with Gasteiger partial charge in [0.15, 0.2) is 0 Å². The highest BCUT2D eigenvalue weighted by atomic mass is 35.5. The van der Waals surface area contributed by atoms with Gasteiger partial charge in [-0.25, -0.2) is 4.79 Å². The molecule has 1 atom stereocenters. The van der Waals surface area contributed by atoms with E-state index in [0.29, 0.717) is 0 Å². The van der Waals surface area contributed by atoms with Crippen molar-refractivity contribution in [2.24, 2.45) is 0 Å². The lowest BCUT2D eigenvalue weighted by atomic mass is 9.94. The fraction of sp³-hybridized carbons (Fsp3) is 0.158. The molecule has 2 aromatic rings. The lowest BCUT2D eigenvalue weighted by molar-refractivity contribution is -0.384. The minimum atomic E-state index is -4.60. The van der Waals surface area contributed by atoms with Crippen molar-refractivity contribution in [1.82, 2.24) is 10.6 Å². The van der Waals surface area contributed by atoms with E-state index in [-0.39, 0.29) is 27.5 Å². The first-order valence-corrected chi connectivity index (χ1v) is 9.06. The monoisotopic (exact) mass is 454 g/mol. The first kappa shape index (κ1) is 22.1. The van der Waals surface area contributed by atoms with E-state index in [1.807, 2.05) is 0 Å². The Kier molecular flexibility index (Phi) is 5.89. The number of rotatable bonds is 4. The normalized spacial score (nSPS) is 16.4. The number of carbonyl (C=O) groups is 2. The maximum absolute atomic E-state index is 12.9. The van der Waals surface area contributed by atoms with Crippen molar-refractivity contribution in [2.75, 3.05) is 5.32 Å². The van der Waals surface area contributed by atoms with Crippen LogP contribution in [0, 0.1) is 10.1 Å². The second-order valence-corrected chi connectivity index (χ2v) is 6.98. The van der Waals surface area contributed by atoms with Crippen LogP contribution in [0.4, 0.5) is 29.3 Å². The van der Waals surface area contributed by atoms with Crippen molar-refractivity contribution in [3.63, 3.8) is 0 Å². The van der Waals surface area contributed by atoms with Gasteiger partial charge in [0.1, 0.15) is 5.02 Å². The smallest absolute Gasteiger partial charge is 0.327 e. The van der Waals surface area contributed by atoms with Crippen LogP contribution >= 0.6 is 11.6 Å². The third-order valence-electron chi connectivity index (χ3n) is 4.46. The molecule has 8 nitrogen and oxygen atoms in total. The van der Waals surface area contributed by atoms with E-state index in [1.165, 1.54) is 25.1 Å². The van der Waals surface area contributed by atoms with Gasteiger partial charge in [-0.2, -0.15) is 13.2 Å². The summed E-state index contributed by atoms with van der Waals surface area (Å²) in [6.45, 7) is 1.43. The number of anilines is 1. The van der Waals surface area contributed by atoms with Gasteiger partial charge >= 0.3 is 12.2 Å². The minimum absolute atomic E-state index is 0.0337. The zero-order chi connectivity index (χ0) is 22.9. The van der Waals surface area contributed by atoms with Crippen molar-refractivity contribution in [3.05, 3.63) is 80.0 Å². The summed E-state index contributed by atoms with van der Waals surface area (Å²) >= 11 is 5.82. The van der Waals surface area contributed by atoms with E-state index >= 15 is 0 Å². The van der Waals surface area contributed by atoms with Crippen LogP contribution in [0.5, 0.6) is 0 Å². The molecule has 0 fully saturated rings. The highest BCUT2D eigenvalue weighted by molar-refractivity contribution is 6.32. The molecule has 12 heteroatoms. The second kappa shape index (κ2) is 8.26. The Balaban J connectivity index is 1.98. The molecule has 0 spiro atoms. The third kappa shape index (κ3) is 4.77. The van der Waals surface area contributed by atoms with Gasteiger partial charge in [-0.3, -0.25) is 14.9 Å². The number of hydrogen-bond donors (Lipinski definition) is 3. The molecule has 3 amide bonds. The van der Waals surface area contributed by atoms with E-state index in [4.69, 9.17) is 11.6 Å². The van der Waals surface area contributed by atoms with Crippen LogP contribution in [-0.4, -0.2) is 16.9 Å². The number of hydrogen-bond acceptors (Lipinski definition) is 4. The summed E-state index contributed by atoms with van der Waals surface area (Å²) in [5.41, 5.74) is -1.19. The van der Waals surface area contributed by atoms with E-state index in [0.717, 1.165) is 24.3 Å². The van der Waals surface area contributed by atoms with Crippen LogP contribution in [0.15, 0.2) is 53.7 Å². The van der Waals surface area contributed by atoms with Gasteiger partial charge in [0.05, 0.1) is 22.1 Å². The molecule has 0 radical (unpaired) electrons. The van der Waals surface area contributed by atoms with Gasteiger partial charge in [0, 0.05) is 17.5 Å². The summed E-state index contributed by atoms with van der Waals surface area (Å²) < 4.78 is 38.8. The van der Waals surface area contributed by atoms with Crippen LogP contribution in [0.25, 0.3) is 0 Å². The maximum atomic E-state index is 12.9. The van der Waals surface area contributed by atoms with Crippen molar-refractivity contribution in [1.29, 1.82) is 0 Å². The SMILES string of the molecule is CC1=C(C(=O)Nc2cccc(C(F)(F)F)c2)C(c2ccc(Cl)c([N+](=O)[O-])c2)NC(=O)N1. The third-order valence-corrected chi connectivity index (χ3v) is 4.78. The molecule has 0 bridgehead atoms. The van der Waals surface area contributed by atoms with Crippen LogP contribution in [0.3, 0.4) is 0 Å². The molecule has 1 unspecified atom stereocenters. The number of urea groups is 1. The molecular weight excluding hydrogens is 441 g/mol. The number of nitrogens with zero attached hydrogens (tertiary/aromatic N) is 1. The Morgan fingerprint density at radius 2 is 1.94 bits per heavy atom. The molecule has 0 saturated heterocycles. The predicted molar refractivity (Wildman–Crippen MR) is 105 cm³/mol. The summed E-state index contributed by atoms with van der Waals surface area (Å²) in [5, 5.41) is 18.3. The van der Waals surface area contributed by atoms with Crippen molar-refractivity contribution >= 4 is 34.9 Å². The highest BCUT2D eigenvalue weighted by Gasteiger charge is 2.33. The van der Waals surface area contributed by atoms with Gasteiger partial charge in [-0.1, -0.05) is 23.7 Å². The summed E-state index contributed by atoms with van der Waals surface area (Å²) in [6.07, 6.45) is -4.60. The van der Waals surface area contributed by atoms with Crippen LogP contribution in [0.2, 0.25) is 5.02 Å². The second-order valence-electron chi connectivity index (χ2n) is 6.57. The van der Waals surface area contributed by atoms with Crippen molar-refractivity contribution in [3.8, 4) is 0 Å². The number of benzene rings is 2. The van der Waals surface area contributed by atoms with Crippen LogP contribution < -0.4 is 16.0 Å². The molecule has 3 N–H and O–H groups in total. The van der Waals surface area contributed by atoms with Gasteiger partial charge in [0.25, 0.3) is 11.6 Å². The zero-order valence-electron chi connectivity index (χ0n) is 15.7. The fourth-order valence-electron chi connectivity index (χ4n) is 3.07. The Morgan fingerprint density at radius 3 is 2.58 bits per heavy atom. The number of amides is 3. The topological polar surface area (TPSA) is 113 Å². The molecular formula is C19H14ClF3N4O4. The fourth-order valence-corrected chi connectivity index (χ4v) is 3.25.